The average Bonchev–Trinajstić information content (AvgIpc) is 3.72. The molecule has 0 unspecified atom stereocenters. The van der Waals surface area contributed by atoms with Crippen molar-refractivity contribution in [3.63, 3.8) is 0 Å². The maximum atomic E-state index is 7.16. The van der Waals surface area contributed by atoms with E-state index in [2.05, 4.69) is 247 Å². The first-order chi connectivity index (χ1) is 32.2. The fourth-order valence-electron chi connectivity index (χ4n) is 10.8. The molecule has 0 radical (unpaired) electrons. The molecule has 2 aliphatic rings. The lowest BCUT2D eigenvalue weighted by atomic mass is 9.50. The van der Waals surface area contributed by atoms with Gasteiger partial charge >= 0.3 is 6.92 Å². The number of nitrogens with zero attached hydrogens (tertiary/aromatic N) is 1. The zero-order valence-corrected chi connectivity index (χ0v) is 36.4. The van der Waals surface area contributed by atoms with Crippen LogP contribution < -0.4 is 41.1 Å². The Hall–Kier alpha value is -8.12. The van der Waals surface area contributed by atoms with E-state index in [1.54, 1.807) is 0 Å². The van der Waals surface area contributed by atoms with E-state index in [1.807, 2.05) is 0 Å². The van der Waals surface area contributed by atoms with E-state index >= 15 is 0 Å². The zero-order valence-electron chi connectivity index (χ0n) is 35.4. The van der Waals surface area contributed by atoms with Crippen LogP contribution in [0.25, 0.3) is 60.9 Å². The summed E-state index contributed by atoms with van der Waals surface area (Å²) in [4.78, 5) is 0. The third-order valence-corrected chi connectivity index (χ3v) is 18.4. The molecular weight excluding hydrogens is 806 g/mol. The first kappa shape index (κ1) is 37.4. The van der Waals surface area contributed by atoms with Gasteiger partial charge in [-0.05, 0) is 85.5 Å². The number of benzene rings is 10. The quantitative estimate of drug-likeness (QED) is 0.118. The number of ether oxygens (including phenoxy) is 1. The summed E-state index contributed by atoms with van der Waals surface area (Å²) in [5.41, 5.74) is 12.2. The van der Waals surface area contributed by atoms with Gasteiger partial charge in [-0.3, -0.25) is 0 Å². The van der Waals surface area contributed by atoms with E-state index < -0.39 is 8.07 Å². The molecule has 0 N–H and O–H groups in total. The van der Waals surface area contributed by atoms with Crippen molar-refractivity contribution in [2.75, 3.05) is 0 Å². The largest absolute Gasteiger partial charge is 0.551 e. The number of aromatic nitrogens is 1. The number of hydrogen-bond donors (Lipinski definition) is 0. The number of hydrogen-bond acceptors (Lipinski definition) is 2. The molecule has 13 rings (SSSR count). The van der Waals surface area contributed by atoms with Gasteiger partial charge in [0.2, 0.25) is 0 Å². The second kappa shape index (κ2) is 15.0. The van der Waals surface area contributed by atoms with Crippen LogP contribution in [0.3, 0.4) is 0 Å². The highest BCUT2D eigenvalue weighted by atomic mass is 28.3. The summed E-state index contributed by atoms with van der Waals surface area (Å²) in [6.07, 6.45) is 0. The third-order valence-electron chi connectivity index (χ3n) is 13.6. The Bertz CT molecular complexity index is 3470. The highest BCUT2D eigenvalue weighted by Gasteiger charge is 2.43. The van der Waals surface area contributed by atoms with Crippen molar-refractivity contribution < 1.29 is 9.39 Å². The van der Waals surface area contributed by atoms with Crippen LogP contribution in [-0.2, 0) is 0 Å². The molecular formula is C60H40BNO2Si. The molecule has 0 bridgehead atoms. The van der Waals surface area contributed by atoms with Crippen LogP contribution in [0.5, 0.6) is 17.2 Å². The van der Waals surface area contributed by atoms with Crippen LogP contribution in [-0.4, -0.2) is 19.6 Å². The summed E-state index contributed by atoms with van der Waals surface area (Å²) in [5, 5.41) is 7.85. The minimum atomic E-state index is -2.74. The lowest BCUT2D eigenvalue weighted by molar-refractivity contribution is 0.480. The van der Waals surface area contributed by atoms with Gasteiger partial charge in [0.25, 0.3) is 0 Å². The fraction of sp³-hybridized carbons (Fsp3) is 0. The van der Waals surface area contributed by atoms with Gasteiger partial charge in [0.05, 0.1) is 16.7 Å². The van der Waals surface area contributed by atoms with Crippen molar-refractivity contribution in [3.8, 4) is 56.3 Å². The smallest absolute Gasteiger partial charge is 0.434 e. The summed E-state index contributed by atoms with van der Waals surface area (Å²) in [6, 6.07) is 88.3. The first-order valence-corrected chi connectivity index (χ1v) is 24.4. The molecule has 5 heteroatoms. The molecule has 304 valence electrons. The molecule has 0 amide bonds. The second-order valence-electron chi connectivity index (χ2n) is 17.1. The van der Waals surface area contributed by atoms with Gasteiger partial charge in [-0.25, -0.2) is 0 Å². The Kier molecular flexibility index (Phi) is 8.65. The minimum Gasteiger partial charge on any atom is -0.551 e. The molecule has 0 aliphatic carbocycles. The SMILES string of the molecule is c1ccc([Si](c2ccccc2)(c2ccccc2)c2cccc(-c3ccc4c(c3)Oc3cc(-c5ccccc5-n5c6ccccc6c6ccccc65)cc5c3B4Oc3ccccc3-5)c2)cc1. The predicted molar refractivity (Wildman–Crippen MR) is 273 cm³/mol. The Morgan fingerprint density at radius 3 is 1.57 bits per heavy atom. The molecule has 3 nitrogen and oxygen atoms in total. The average molecular weight is 846 g/mol. The van der Waals surface area contributed by atoms with Gasteiger partial charge in [0, 0.05) is 32.8 Å². The Morgan fingerprint density at radius 2 is 0.892 bits per heavy atom. The monoisotopic (exact) mass is 845 g/mol. The summed E-state index contributed by atoms with van der Waals surface area (Å²) in [5.74, 6) is 2.50. The molecule has 65 heavy (non-hydrogen) atoms. The number of para-hydroxylation sites is 4. The molecule has 1 aromatic heterocycles. The molecule has 0 saturated heterocycles. The van der Waals surface area contributed by atoms with Crippen LogP contribution in [0.2, 0.25) is 0 Å². The van der Waals surface area contributed by atoms with Gasteiger partial charge in [-0.15, -0.1) is 0 Å². The minimum absolute atomic E-state index is 0.324. The zero-order chi connectivity index (χ0) is 42.9. The normalized spacial score (nSPS) is 12.5. The van der Waals surface area contributed by atoms with E-state index in [-0.39, 0.29) is 6.92 Å². The van der Waals surface area contributed by atoms with Gasteiger partial charge < -0.3 is 14.0 Å². The van der Waals surface area contributed by atoms with Crippen LogP contribution >= 0.6 is 0 Å². The van der Waals surface area contributed by atoms with E-state index in [4.69, 9.17) is 9.39 Å². The van der Waals surface area contributed by atoms with E-state index in [1.165, 1.54) is 42.6 Å². The van der Waals surface area contributed by atoms with Crippen molar-refractivity contribution in [1.29, 1.82) is 0 Å². The van der Waals surface area contributed by atoms with E-state index in [0.29, 0.717) is 0 Å². The van der Waals surface area contributed by atoms with Crippen LogP contribution in [0, 0.1) is 0 Å². The summed E-state index contributed by atoms with van der Waals surface area (Å²) >= 11 is 0. The summed E-state index contributed by atoms with van der Waals surface area (Å²) < 4.78 is 16.5. The van der Waals surface area contributed by atoms with Crippen LogP contribution in [0.1, 0.15) is 0 Å². The highest BCUT2D eigenvalue weighted by molar-refractivity contribution is 7.19. The highest BCUT2D eigenvalue weighted by Crippen LogP contribution is 2.44. The molecule has 0 atom stereocenters. The van der Waals surface area contributed by atoms with Gasteiger partial charge in [-0.2, -0.15) is 0 Å². The first-order valence-electron chi connectivity index (χ1n) is 22.4. The fourth-order valence-corrected chi connectivity index (χ4v) is 15.6. The van der Waals surface area contributed by atoms with Gasteiger partial charge in [0.1, 0.15) is 17.2 Å². The topological polar surface area (TPSA) is 23.4 Å². The maximum Gasteiger partial charge on any atom is 0.434 e. The van der Waals surface area contributed by atoms with Crippen LogP contribution in [0.4, 0.5) is 0 Å². The maximum absolute atomic E-state index is 7.16. The molecule has 0 saturated carbocycles. The molecule has 2 aliphatic heterocycles. The molecule has 11 aromatic rings. The number of rotatable bonds is 7. The van der Waals surface area contributed by atoms with Crippen LogP contribution in [0.15, 0.2) is 243 Å². The standard InChI is InChI=1S/C60H40BNO2Si/c1-4-20-44(21-5-1)65(45-22-6-2-7-23-45,46-24-8-3-9-25-46)47-26-18-19-41(37-47)42-35-36-53-58(39-42)63-59-40-43(38-52-51-30-13-17-34-57(51)64-61(53)60(52)59)48-27-10-14-31-54(48)62-55-32-15-11-28-49(55)50-29-12-16-33-56(50)62/h1-40H. The van der Waals surface area contributed by atoms with Crippen molar-refractivity contribution in [2.24, 2.45) is 0 Å². The Labute approximate surface area is 379 Å². The second-order valence-corrected chi connectivity index (χ2v) is 20.9. The molecule has 0 spiro atoms. The predicted octanol–water partition coefficient (Wildman–Crippen LogP) is 10.8. The van der Waals surface area contributed by atoms with E-state index in [9.17, 15) is 0 Å². The molecule has 0 fully saturated rings. The van der Waals surface area contributed by atoms with Crippen molar-refractivity contribution in [2.45, 2.75) is 0 Å². The Morgan fingerprint density at radius 1 is 0.354 bits per heavy atom. The summed E-state index contributed by atoms with van der Waals surface area (Å²) in [7, 11) is -2.74. The van der Waals surface area contributed by atoms with E-state index in [0.717, 1.165) is 67.2 Å². The number of fused-ring (bicyclic) bond motifs is 7. The summed E-state index contributed by atoms with van der Waals surface area (Å²) in [6.45, 7) is -0.324. The van der Waals surface area contributed by atoms with Gasteiger partial charge in [-0.1, -0.05) is 200 Å². The van der Waals surface area contributed by atoms with Crippen molar-refractivity contribution >= 4 is 68.5 Å². The molecule has 3 heterocycles. The third kappa shape index (κ3) is 5.83. The lowest BCUT2D eigenvalue weighted by Gasteiger charge is -2.35. The van der Waals surface area contributed by atoms with Crippen molar-refractivity contribution in [1.82, 2.24) is 4.57 Å². The lowest BCUT2D eigenvalue weighted by Crippen LogP contribution is -2.74. The molecule has 10 aromatic carbocycles. The van der Waals surface area contributed by atoms with Gasteiger partial charge in [0.15, 0.2) is 8.07 Å². The Balaban J connectivity index is 0.969. The van der Waals surface area contributed by atoms with Crippen molar-refractivity contribution in [3.05, 3.63) is 243 Å².